The Balaban J connectivity index is 1.99. The molecule has 0 radical (unpaired) electrons. The van der Waals surface area contributed by atoms with Crippen LogP contribution in [0, 0.1) is 0 Å². The average Bonchev–Trinajstić information content (AvgIpc) is 2.44. The number of likely N-dealkylation sites (N-methyl/N-ethyl adjacent to an activating group) is 1. The minimum absolute atomic E-state index is 0.00581. The van der Waals surface area contributed by atoms with E-state index in [1.165, 1.54) is 19.5 Å². The summed E-state index contributed by atoms with van der Waals surface area (Å²) in [6, 6.07) is 0.670. The molecule has 0 saturated carbocycles. The molecule has 0 aliphatic carbocycles. The quantitative estimate of drug-likeness (QED) is 0.688. The molecule has 1 N–H and O–H groups in total. The van der Waals surface area contributed by atoms with Crippen LogP contribution in [-0.2, 0) is 4.74 Å². The van der Waals surface area contributed by atoms with Crippen LogP contribution in [0.1, 0.15) is 27.2 Å². The fourth-order valence-corrected chi connectivity index (χ4v) is 1.72. The Morgan fingerprint density at radius 2 is 2.14 bits per heavy atom. The fourth-order valence-electron chi connectivity index (χ4n) is 1.72. The van der Waals surface area contributed by atoms with Crippen molar-refractivity contribution in [3.8, 4) is 0 Å². The van der Waals surface area contributed by atoms with Gasteiger partial charge >= 0.3 is 0 Å². The molecule has 1 aliphatic rings. The molecule has 1 rings (SSSR count). The van der Waals surface area contributed by atoms with E-state index in [1.807, 2.05) is 0 Å². The maximum Gasteiger partial charge on any atom is 0.0599 e. The van der Waals surface area contributed by atoms with E-state index >= 15 is 0 Å². The van der Waals surface area contributed by atoms with Gasteiger partial charge in [0.2, 0.25) is 0 Å². The fraction of sp³-hybridized carbons (Fsp3) is 1.00. The number of hydrogen-bond donors (Lipinski definition) is 1. The van der Waals surface area contributed by atoms with Gasteiger partial charge < -0.3 is 15.0 Å². The van der Waals surface area contributed by atoms with Gasteiger partial charge in [0.25, 0.3) is 0 Å². The van der Waals surface area contributed by atoms with Gasteiger partial charge in [-0.25, -0.2) is 0 Å². The predicted molar refractivity (Wildman–Crippen MR) is 59.6 cm³/mol. The maximum absolute atomic E-state index is 5.64. The van der Waals surface area contributed by atoms with E-state index in [1.54, 1.807) is 0 Å². The molecule has 1 fully saturated rings. The lowest BCUT2D eigenvalue weighted by molar-refractivity contribution is -0.00152. The monoisotopic (exact) mass is 200 g/mol. The summed E-state index contributed by atoms with van der Waals surface area (Å²) in [6.45, 7) is 10.5. The molecule has 14 heavy (non-hydrogen) atoms. The summed E-state index contributed by atoms with van der Waals surface area (Å²) in [5.74, 6) is 0. The predicted octanol–water partition coefficient (Wildman–Crippen LogP) is 1.10. The first-order chi connectivity index (χ1) is 6.47. The molecule has 3 heteroatoms. The van der Waals surface area contributed by atoms with E-state index in [9.17, 15) is 0 Å². The summed E-state index contributed by atoms with van der Waals surface area (Å²) in [4.78, 5) is 2.36. The molecule has 3 nitrogen and oxygen atoms in total. The van der Waals surface area contributed by atoms with Crippen molar-refractivity contribution < 1.29 is 4.74 Å². The highest BCUT2D eigenvalue weighted by Crippen LogP contribution is 2.07. The number of likely N-dealkylation sites (tertiary alicyclic amines) is 1. The van der Waals surface area contributed by atoms with Crippen LogP contribution in [0.25, 0.3) is 0 Å². The first kappa shape index (κ1) is 12.0. The van der Waals surface area contributed by atoms with Gasteiger partial charge in [0.1, 0.15) is 0 Å². The number of nitrogens with one attached hydrogen (secondary N) is 1. The van der Waals surface area contributed by atoms with Crippen LogP contribution in [0.15, 0.2) is 0 Å². The van der Waals surface area contributed by atoms with Crippen LogP contribution in [0.4, 0.5) is 0 Å². The molecule has 0 aromatic heterocycles. The van der Waals surface area contributed by atoms with Crippen LogP contribution >= 0.6 is 0 Å². The highest BCUT2D eigenvalue weighted by atomic mass is 16.5. The normalized spacial score (nSPS) is 24.4. The van der Waals surface area contributed by atoms with Crippen LogP contribution in [0.5, 0.6) is 0 Å². The highest BCUT2D eigenvalue weighted by molar-refractivity contribution is 4.78. The van der Waals surface area contributed by atoms with E-state index in [2.05, 4.69) is 38.0 Å². The molecular weight excluding hydrogens is 176 g/mol. The van der Waals surface area contributed by atoms with Crippen molar-refractivity contribution in [3.05, 3.63) is 0 Å². The third kappa shape index (κ3) is 4.94. The second-order valence-electron chi connectivity index (χ2n) is 5.16. The Hall–Kier alpha value is -0.120. The van der Waals surface area contributed by atoms with Crippen molar-refractivity contribution >= 4 is 0 Å². The van der Waals surface area contributed by atoms with Gasteiger partial charge in [-0.3, -0.25) is 0 Å². The van der Waals surface area contributed by atoms with E-state index in [4.69, 9.17) is 4.74 Å². The Morgan fingerprint density at radius 1 is 1.43 bits per heavy atom. The van der Waals surface area contributed by atoms with Crippen LogP contribution < -0.4 is 5.32 Å². The topological polar surface area (TPSA) is 24.5 Å². The molecule has 0 spiro atoms. The molecule has 1 heterocycles. The average molecular weight is 200 g/mol. The first-order valence-corrected chi connectivity index (χ1v) is 5.53. The van der Waals surface area contributed by atoms with Crippen LogP contribution in [0.2, 0.25) is 0 Å². The van der Waals surface area contributed by atoms with E-state index in [0.29, 0.717) is 6.04 Å². The number of rotatable bonds is 4. The molecule has 84 valence electrons. The van der Waals surface area contributed by atoms with Gasteiger partial charge in [0.05, 0.1) is 12.2 Å². The van der Waals surface area contributed by atoms with E-state index in [0.717, 1.165) is 13.2 Å². The Labute approximate surface area is 87.8 Å². The summed E-state index contributed by atoms with van der Waals surface area (Å²) >= 11 is 0. The molecule has 1 atom stereocenters. The molecule has 0 amide bonds. The van der Waals surface area contributed by atoms with Crippen LogP contribution in [0.3, 0.4) is 0 Å². The van der Waals surface area contributed by atoms with Gasteiger partial charge in [-0.05, 0) is 40.8 Å². The maximum atomic E-state index is 5.64. The lowest BCUT2D eigenvalue weighted by Crippen LogP contribution is -2.35. The zero-order valence-corrected chi connectivity index (χ0v) is 9.97. The van der Waals surface area contributed by atoms with E-state index in [-0.39, 0.29) is 5.60 Å². The molecule has 0 aromatic rings. The smallest absolute Gasteiger partial charge is 0.0599 e. The third-order valence-electron chi connectivity index (χ3n) is 2.46. The van der Waals surface area contributed by atoms with E-state index < -0.39 is 0 Å². The molecule has 0 bridgehead atoms. The van der Waals surface area contributed by atoms with Crippen LogP contribution in [-0.4, -0.2) is 49.8 Å². The minimum atomic E-state index is -0.00581. The molecule has 1 saturated heterocycles. The summed E-state index contributed by atoms with van der Waals surface area (Å²) in [6.07, 6.45) is 1.27. The Kier molecular flexibility index (Phi) is 4.35. The first-order valence-electron chi connectivity index (χ1n) is 5.53. The molecule has 0 aromatic carbocycles. The van der Waals surface area contributed by atoms with Gasteiger partial charge in [0, 0.05) is 19.1 Å². The standard InChI is InChI=1S/C11H24N2O/c1-11(2,3)14-8-6-12-10-5-7-13(4)9-10/h10,12H,5-9H2,1-4H3/t10-/m0/s1. The summed E-state index contributed by atoms with van der Waals surface area (Å²) in [5, 5.41) is 3.52. The Morgan fingerprint density at radius 3 is 2.64 bits per heavy atom. The second-order valence-corrected chi connectivity index (χ2v) is 5.16. The summed E-state index contributed by atoms with van der Waals surface area (Å²) < 4.78 is 5.64. The number of ether oxygens (including phenoxy) is 1. The summed E-state index contributed by atoms with van der Waals surface area (Å²) in [7, 11) is 2.17. The largest absolute Gasteiger partial charge is 0.375 e. The van der Waals surface area contributed by atoms with Gasteiger partial charge in [0.15, 0.2) is 0 Å². The molecular formula is C11H24N2O. The van der Waals surface area contributed by atoms with Gasteiger partial charge in [-0.15, -0.1) is 0 Å². The molecule has 0 unspecified atom stereocenters. The number of hydrogen-bond acceptors (Lipinski definition) is 3. The zero-order valence-electron chi connectivity index (χ0n) is 9.97. The van der Waals surface area contributed by atoms with Crippen molar-refractivity contribution in [1.29, 1.82) is 0 Å². The summed E-state index contributed by atoms with van der Waals surface area (Å²) in [5.41, 5.74) is -0.00581. The van der Waals surface area contributed by atoms with Crippen molar-refractivity contribution in [3.63, 3.8) is 0 Å². The van der Waals surface area contributed by atoms with Gasteiger partial charge in [-0.2, -0.15) is 0 Å². The SMILES string of the molecule is CN1CC[C@H](NCCOC(C)(C)C)C1. The minimum Gasteiger partial charge on any atom is -0.375 e. The van der Waals surface area contributed by atoms with Crippen molar-refractivity contribution in [2.75, 3.05) is 33.3 Å². The third-order valence-corrected chi connectivity index (χ3v) is 2.46. The van der Waals surface area contributed by atoms with Crippen molar-refractivity contribution in [1.82, 2.24) is 10.2 Å². The molecule has 1 aliphatic heterocycles. The number of nitrogens with zero attached hydrogens (tertiary/aromatic N) is 1. The zero-order chi connectivity index (χ0) is 10.6. The lowest BCUT2D eigenvalue weighted by atomic mass is 10.2. The highest BCUT2D eigenvalue weighted by Gasteiger charge is 2.18. The lowest BCUT2D eigenvalue weighted by Gasteiger charge is -2.20. The Bertz CT molecular complexity index is 165. The van der Waals surface area contributed by atoms with Crippen molar-refractivity contribution in [2.24, 2.45) is 0 Å². The second kappa shape index (κ2) is 5.10. The van der Waals surface area contributed by atoms with Crippen molar-refractivity contribution in [2.45, 2.75) is 38.8 Å². The van der Waals surface area contributed by atoms with Gasteiger partial charge in [-0.1, -0.05) is 0 Å².